The van der Waals surface area contributed by atoms with Gasteiger partial charge in [0.2, 0.25) is 5.91 Å². The molecule has 1 aliphatic rings. The Morgan fingerprint density at radius 3 is 2.90 bits per heavy atom. The van der Waals surface area contributed by atoms with Crippen molar-refractivity contribution < 1.29 is 9.53 Å². The van der Waals surface area contributed by atoms with Crippen LogP contribution in [0.5, 0.6) is 0 Å². The van der Waals surface area contributed by atoms with Crippen LogP contribution in [-0.4, -0.2) is 43.7 Å². The van der Waals surface area contributed by atoms with Gasteiger partial charge in [-0.05, 0) is 18.6 Å². The molecule has 1 heterocycles. The van der Waals surface area contributed by atoms with E-state index in [1.807, 2.05) is 24.0 Å². The van der Waals surface area contributed by atoms with Crippen LogP contribution in [-0.2, 0) is 9.53 Å². The van der Waals surface area contributed by atoms with Gasteiger partial charge in [-0.25, -0.2) is 0 Å². The number of hydrogen-bond donors (Lipinski definition) is 1. The number of hydrogen-bond acceptors (Lipinski definition) is 4. The van der Waals surface area contributed by atoms with Crippen LogP contribution in [0.25, 0.3) is 0 Å². The summed E-state index contributed by atoms with van der Waals surface area (Å²) in [6.07, 6.45) is 0.430. The number of nitrogens with one attached hydrogen (secondary N) is 1. The Balaban J connectivity index is 1.87. The molecule has 5 heteroatoms. The first-order chi connectivity index (χ1) is 9.72. The molecule has 1 saturated heterocycles. The number of nitriles is 1. The number of aryl methyl sites for hydroxylation is 1. The Morgan fingerprint density at radius 1 is 1.45 bits per heavy atom. The van der Waals surface area contributed by atoms with Crippen LogP contribution in [0.2, 0.25) is 0 Å². The Hall–Kier alpha value is -2.06. The Kier molecular flexibility index (Phi) is 4.97. The highest BCUT2D eigenvalue weighted by molar-refractivity contribution is 5.77. The second kappa shape index (κ2) is 6.92. The van der Waals surface area contributed by atoms with Crippen molar-refractivity contribution in [1.82, 2.24) is 4.90 Å². The fraction of sp³-hybridized carbons (Fsp3) is 0.467. The number of morpholine rings is 1. The minimum atomic E-state index is 0.132. The zero-order valence-electron chi connectivity index (χ0n) is 11.7. The molecule has 1 aromatic rings. The summed E-state index contributed by atoms with van der Waals surface area (Å²) in [5, 5.41) is 12.3. The molecular weight excluding hydrogens is 254 g/mol. The number of nitrogens with zero attached hydrogens (tertiary/aromatic N) is 2. The summed E-state index contributed by atoms with van der Waals surface area (Å²) >= 11 is 0. The van der Waals surface area contributed by atoms with Gasteiger partial charge in [-0.2, -0.15) is 5.26 Å². The first kappa shape index (κ1) is 14.4. The smallest absolute Gasteiger partial charge is 0.224 e. The van der Waals surface area contributed by atoms with E-state index in [2.05, 4.69) is 11.4 Å². The van der Waals surface area contributed by atoms with E-state index in [1.165, 1.54) is 0 Å². The summed E-state index contributed by atoms with van der Waals surface area (Å²) in [4.78, 5) is 13.8. The molecule has 1 aliphatic heterocycles. The Morgan fingerprint density at radius 2 is 2.20 bits per heavy atom. The van der Waals surface area contributed by atoms with E-state index in [4.69, 9.17) is 10.00 Å². The number of rotatable bonds is 4. The molecule has 5 nitrogen and oxygen atoms in total. The summed E-state index contributed by atoms with van der Waals surface area (Å²) in [7, 11) is 0. The van der Waals surface area contributed by atoms with Gasteiger partial charge in [0, 0.05) is 26.1 Å². The molecule has 0 radical (unpaired) electrons. The second-order valence-electron chi connectivity index (χ2n) is 4.78. The first-order valence-corrected chi connectivity index (χ1v) is 6.81. The van der Waals surface area contributed by atoms with Gasteiger partial charge in [-0.1, -0.05) is 12.1 Å². The fourth-order valence-electron chi connectivity index (χ4n) is 2.26. The molecule has 0 aliphatic carbocycles. The van der Waals surface area contributed by atoms with E-state index >= 15 is 0 Å². The molecule has 1 N–H and O–H groups in total. The molecular formula is C15H19N3O2. The molecule has 1 amide bonds. The van der Waals surface area contributed by atoms with E-state index in [0.717, 1.165) is 11.3 Å². The van der Waals surface area contributed by atoms with Gasteiger partial charge in [0.05, 0.1) is 24.5 Å². The van der Waals surface area contributed by atoms with Crippen molar-refractivity contribution in [2.24, 2.45) is 0 Å². The average molecular weight is 273 g/mol. The molecule has 0 saturated carbocycles. The average Bonchev–Trinajstić information content (AvgIpc) is 2.49. The SMILES string of the molecule is Cc1cccc(C#N)c1NCCC(=O)N1CCOCC1. The Bertz CT molecular complexity index is 516. The summed E-state index contributed by atoms with van der Waals surface area (Å²) < 4.78 is 5.22. The van der Waals surface area contributed by atoms with E-state index in [-0.39, 0.29) is 5.91 Å². The van der Waals surface area contributed by atoms with Gasteiger partial charge in [0.15, 0.2) is 0 Å². The van der Waals surface area contributed by atoms with Gasteiger partial charge in [0.1, 0.15) is 6.07 Å². The second-order valence-corrected chi connectivity index (χ2v) is 4.78. The number of para-hydroxylation sites is 1. The summed E-state index contributed by atoms with van der Waals surface area (Å²) in [5.74, 6) is 0.132. The molecule has 0 bridgehead atoms. The maximum Gasteiger partial charge on any atom is 0.224 e. The third-order valence-corrected chi connectivity index (χ3v) is 3.40. The lowest BCUT2D eigenvalue weighted by Gasteiger charge is -2.27. The van der Waals surface area contributed by atoms with Crippen molar-refractivity contribution in [3.05, 3.63) is 29.3 Å². The zero-order valence-corrected chi connectivity index (χ0v) is 11.7. The van der Waals surface area contributed by atoms with Gasteiger partial charge >= 0.3 is 0 Å². The molecule has 106 valence electrons. The van der Waals surface area contributed by atoms with Crippen LogP contribution in [0, 0.1) is 18.3 Å². The van der Waals surface area contributed by atoms with Crippen molar-refractivity contribution in [2.75, 3.05) is 38.2 Å². The summed E-state index contributed by atoms with van der Waals surface area (Å²) in [5.41, 5.74) is 2.46. The van der Waals surface area contributed by atoms with Crippen LogP contribution in [0.1, 0.15) is 17.5 Å². The van der Waals surface area contributed by atoms with Crippen molar-refractivity contribution in [3.8, 4) is 6.07 Å². The highest BCUT2D eigenvalue weighted by Gasteiger charge is 2.16. The molecule has 20 heavy (non-hydrogen) atoms. The lowest BCUT2D eigenvalue weighted by atomic mass is 10.1. The summed E-state index contributed by atoms with van der Waals surface area (Å²) in [6.45, 7) is 5.08. The van der Waals surface area contributed by atoms with E-state index < -0.39 is 0 Å². The predicted octanol–water partition coefficient (Wildman–Crippen LogP) is 1.53. The van der Waals surface area contributed by atoms with Gasteiger partial charge in [-0.15, -0.1) is 0 Å². The molecule has 2 rings (SSSR count). The lowest BCUT2D eigenvalue weighted by molar-refractivity contribution is -0.134. The van der Waals surface area contributed by atoms with Crippen LogP contribution in [0.3, 0.4) is 0 Å². The van der Waals surface area contributed by atoms with Gasteiger partial charge in [-0.3, -0.25) is 4.79 Å². The van der Waals surface area contributed by atoms with Crippen molar-refractivity contribution in [3.63, 3.8) is 0 Å². The van der Waals surface area contributed by atoms with Crippen molar-refractivity contribution in [2.45, 2.75) is 13.3 Å². The van der Waals surface area contributed by atoms with E-state index in [1.54, 1.807) is 6.07 Å². The Labute approximate surface area is 119 Å². The van der Waals surface area contributed by atoms with Crippen LogP contribution in [0.15, 0.2) is 18.2 Å². The van der Waals surface area contributed by atoms with E-state index in [9.17, 15) is 4.79 Å². The number of carbonyl (C=O) groups excluding carboxylic acids is 1. The van der Waals surface area contributed by atoms with Crippen molar-refractivity contribution in [1.29, 1.82) is 5.26 Å². The molecule has 0 spiro atoms. The maximum absolute atomic E-state index is 12.0. The highest BCUT2D eigenvalue weighted by Crippen LogP contribution is 2.19. The third kappa shape index (κ3) is 3.49. The molecule has 0 unspecified atom stereocenters. The monoisotopic (exact) mass is 273 g/mol. The third-order valence-electron chi connectivity index (χ3n) is 3.40. The quantitative estimate of drug-likeness (QED) is 0.903. The number of benzene rings is 1. The van der Waals surface area contributed by atoms with Crippen LogP contribution >= 0.6 is 0 Å². The molecule has 0 atom stereocenters. The summed E-state index contributed by atoms with van der Waals surface area (Å²) in [6, 6.07) is 7.75. The van der Waals surface area contributed by atoms with Crippen LogP contribution in [0.4, 0.5) is 5.69 Å². The minimum Gasteiger partial charge on any atom is -0.383 e. The standard InChI is InChI=1S/C15H19N3O2/c1-12-3-2-4-13(11-16)15(12)17-6-5-14(19)18-7-9-20-10-8-18/h2-4,17H,5-10H2,1H3. The number of amides is 1. The zero-order chi connectivity index (χ0) is 14.4. The van der Waals surface area contributed by atoms with Crippen LogP contribution < -0.4 is 5.32 Å². The topological polar surface area (TPSA) is 65.4 Å². The predicted molar refractivity (Wildman–Crippen MR) is 76.4 cm³/mol. The van der Waals surface area contributed by atoms with Gasteiger partial charge < -0.3 is 15.0 Å². The van der Waals surface area contributed by atoms with E-state index in [0.29, 0.717) is 44.8 Å². The maximum atomic E-state index is 12.0. The normalized spacial score (nSPS) is 14.7. The largest absolute Gasteiger partial charge is 0.383 e. The molecule has 1 aromatic carbocycles. The number of anilines is 1. The first-order valence-electron chi connectivity index (χ1n) is 6.81. The minimum absolute atomic E-state index is 0.132. The van der Waals surface area contributed by atoms with Crippen molar-refractivity contribution >= 4 is 11.6 Å². The number of carbonyl (C=O) groups is 1. The highest BCUT2D eigenvalue weighted by atomic mass is 16.5. The van der Waals surface area contributed by atoms with Gasteiger partial charge in [0.25, 0.3) is 0 Å². The fourth-order valence-corrected chi connectivity index (χ4v) is 2.26. The molecule has 0 aromatic heterocycles. The molecule has 1 fully saturated rings. The number of ether oxygens (including phenoxy) is 1. The lowest BCUT2D eigenvalue weighted by Crippen LogP contribution is -2.41.